The van der Waals surface area contributed by atoms with E-state index in [4.69, 9.17) is 9.47 Å². The molecule has 1 atom stereocenters. The van der Waals surface area contributed by atoms with Crippen molar-refractivity contribution in [1.29, 1.82) is 0 Å². The molecule has 6 nitrogen and oxygen atoms in total. The van der Waals surface area contributed by atoms with Crippen molar-refractivity contribution in [3.63, 3.8) is 0 Å². The predicted octanol–water partition coefficient (Wildman–Crippen LogP) is 1.94. The van der Waals surface area contributed by atoms with E-state index in [1.165, 1.54) is 0 Å². The lowest BCUT2D eigenvalue weighted by atomic mass is 10.1. The van der Waals surface area contributed by atoms with Crippen molar-refractivity contribution in [3.05, 3.63) is 35.7 Å². The highest BCUT2D eigenvalue weighted by molar-refractivity contribution is 5.73. The molecule has 1 aliphatic heterocycles. The first-order valence-corrected chi connectivity index (χ1v) is 6.50. The molecule has 0 spiro atoms. The van der Waals surface area contributed by atoms with Crippen molar-refractivity contribution < 1.29 is 14.3 Å². The molecule has 1 aromatic heterocycles. The van der Waals surface area contributed by atoms with Crippen molar-refractivity contribution in [2.45, 2.75) is 18.9 Å². The van der Waals surface area contributed by atoms with E-state index in [1.807, 2.05) is 24.3 Å². The maximum absolute atomic E-state index is 11.1. The number of benzene rings is 1. The quantitative estimate of drug-likeness (QED) is 0.796. The third kappa shape index (κ3) is 2.18. The number of nitrogens with zero attached hydrogens (tertiary/aromatic N) is 3. The molecule has 0 bridgehead atoms. The standard InChI is InChI=1S/C14H15N3O3/c1-19-11-6-4-10(5-7-11)17-14(12(9-18)15-16-17)13-3-2-8-20-13/h4-7,9,13H,2-3,8H2,1H3. The number of ether oxygens (including phenoxy) is 2. The van der Waals surface area contributed by atoms with Gasteiger partial charge in [-0.3, -0.25) is 4.79 Å². The second-order valence-electron chi connectivity index (χ2n) is 4.59. The van der Waals surface area contributed by atoms with E-state index in [-0.39, 0.29) is 6.10 Å². The number of methoxy groups -OCH3 is 1. The van der Waals surface area contributed by atoms with Gasteiger partial charge in [0.1, 0.15) is 17.5 Å². The molecule has 3 rings (SSSR count). The van der Waals surface area contributed by atoms with E-state index in [0.29, 0.717) is 12.3 Å². The van der Waals surface area contributed by atoms with Crippen LogP contribution in [0.4, 0.5) is 0 Å². The molecule has 6 heteroatoms. The zero-order chi connectivity index (χ0) is 13.9. The number of hydrogen-bond acceptors (Lipinski definition) is 5. The summed E-state index contributed by atoms with van der Waals surface area (Å²) in [6, 6.07) is 7.44. The molecule has 1 aromatic carbocycles. The van der Waals surface area contributed by atoms with Gasteiger partial charge >= 0.3 is 0 Å². The van der Waals surface area contributed by atoms with Gasteiger partial charge in [0.2, 0.25) is 0 Å². The van der Waals surface area contributed by atoms with E-state index in [1.54, 1.807) is 11.8 Å². The second-order valence-corrected chi connectivity index (χ2v) is 4.59. The summed E-state index contributed by atoms with van der Waals surface area (Å²) < 4.78 is 12.5. The van der Waals surface area contributed by atoms with Gasteiger partial charge < -0.3 is 9.47 Å². The number of aromatic nitrogens is 3. The third-order valence-electron chi connectivity index (χ3n) is 3.40. The molecule has 1 unspecified atom stereocenters. The maximum atomic E-state index is 11.1. The molecular formula is C14H15N3O3. The van der Waals surface area contributed by atoms with Crippen LogP contribution in [0.1, 0.15) is 35.1 Å². The maximum Gasteiger partial charge on any atom is 0.172 e. The highest BCUT2D eigenvalue weighted by Gasteiger charge is 2.27. The van der Waals surface area contributed by atoms with Gasteiger partial charge in [0, 0.05) is 6.61 Å². The minimum absolute atomic E-state index is 0.118. The van der Waals surface area contributed by atoms with Crippen LogP contribution in [0.2, 0.25) is 0 Å². The lowest BCUT2D eigenvalue weighted by Gasteiger charge is -2.12. The lowest BCUT2D eigenvalue weighted by Crippen LogP contribution is -2.08. The largest absolute Gasteiger partial charge is 0.497 e. The molecule has 0 radical (unpaired) electrons. The van der Waals surface area contributed by atoms with Gasteiger partial charge in [0.15, 0.2) is 12.0 Å². The van der Waals surface area contributed by atoms with E-state index in [2.05, 4.69) is 10.3 Å². The average Bonchev–Trinajstić information content (AvgIpc) is 3.15. The third-order valence-corrected chi connectivity index (χ3v) is 3.40. The van der Waals surface area contributed by atoms with Crippen LogP contribution in [0.3, 0.4) is 0 Å². The number of rotatable bonds is 4. The Morgan fingerprint density at radius 3 is 2.80 bits per heavy atom. The molecule has 0 N–H and O–H groups in total. The Morgan fingerprint density at radius 1 is 1.40 bits per heavy atom. The van der Waals surface area contributed by atoms with E-state index in [9.17, 15) is 4.79 Å². The summed E-state index contributed by atoms with van der Waals surface area (Å²) in [5, 5.41) is 8.00. The normalized spacial score (nSPS) is 18.1. The van der Waals surface area contributed by atoms with Gasteiger partial charge in [-0.15, -0.1) is 5.10 Å². The van der Waals surface area contributed by atoms with Crippen molar-refractivity contribution in [1.82, 2.24) is 15.0 Å². The Balaban J connectivity index is 2.03. The van der Waals surface area contributed by atoms with Crippen LogP contribution in [0.5, 0.6) is 5.75 Å². The topological polar surface area (TPSA) is 66.2 Å². The van der Waals surface area contributed by atoms with Gasteiger partial charge in [0.25, 0.3) is 0 Å². The molecule has 1 aliphatic rings. The van der Waals surface area contributed by atoms with Gasteiger partial charge in [-0.2, -0.15) is 0 Å². The Labute approximate surface area is 116 Å². The number of carbonyl (C=O) groups is 1. The Hall–Kier alpha value is -2.21. The first kappa shape index (κ1) is 12.8. The highest BCUT2D eigenvalue weighted by atomic mass is 16.5. The van der Waals surface area contributed by atoms with Gasteiger partial charge in [-0.1, -0.05) is 5.21 Å². The molecular weight excluding hydrogens is 258 g/mol. The predicted molar refractivity (Wildman–Crippen MR) is 71.2 cm³/mol. The first-order chi connectivity index (χ1) is 9.83. The molecule has 104 valence electrons. The van der Waals surface area contributed by atoms with Gasteiger partial charge in [-0.25, -0.2) is 4.68 Å². The fraction of sp³-hybridized carbons (Fsp3) is 0.357. The van der Waals surface area contributed by atoms with Crippen LogP contribution in [0.25, 0.3) is 5.69 Å². The molecule has 0 saturated carbocycles. The first-order valence-electron chi connectivity index (χ1n) is 6.50. The van der Waals surface area contributed by atoms with Crippen molar-refractivity contribution >= 4 is 6.29 Å². The molecule has 2 aromatic rings. The van der Waals surface area contributed by atoms with E-state index in [0.717, 1.165) is 36.3 Å². The summed E-state index contributed by atoms with van der Waals surface area (Å²) in [5.74, 6) is 0.767. The van der Waals surface area contributed by atoms with Crippen LogP contribution in [0.15, 0.2) is 24.3 Å². The molecule has 0 amide bonds. The van der Waals surface area contributed by atoms with E-state index < -0.39 is 0 Å². The van der Waals surface area contributed by atoms with Gasteiger partial charge in [-0.05, 0) is 37.1 Å². The van der Waals surface area contributed by atoms with Crippen LogP contribution >= 0.6 is 0 Å². The summed E-state index contributed by atoms with van der Waals surface area (Å²) in [6.45, 7) is 0.705. The smallest absolute Gasteiger partial charge is 0.172 e. The number of hydrogen-bond donors (Lipinski definition) is 0. The van der Waals surface area contributed by atoms with Crippen LogP contribution in [-0.4, -0.2) is 35.0 Å². The lowest BCUT2D eigenvalue weighted by molar-refractivity contribution is 0.102. The van der Waals surface area contributed by atoms with Crippen molar-refractivity contribution in [3.8, 4) is 11.4 Å². The summed E-state index contributed by atoms with van der Waals surface area (Å²) in [4.78, 5) is 11.1. The molecule has 1 saturated heterocycles. The molecule has 20 heavy (non-hydrogen) atoms. The van der Waals surface area contributed by atoms with Gasteiger partial charge in [0.05, 0.1) is 12.8 Å². The molecule has 1 fully saturated rings. The van der Waals surface area contributed by atoms with Crippen LogP contribution in [-0.2, 0) is 4.74 Å². The SMILES string of the molecule is COc1ccc(-n2nnc(C=O)c2C2CCCO2)cc1. The summed E-state index contributed by atoms with van der Waals surface area (Å²) in [7, 11) is 1.62. The van der Waals surface area contributed by atoms with Crippen LogP contribution in [0, 0.1) is 0 Å². The summed E-state index contributed by atoms with van der Waals surface area (Å²) in [6.07, 6.45) is 2.47. The monoisotopic (exact) mass is 273 g/mol. The minimum Gasteiger partial charge on any atom is -0.497 e. The fourth-order valence-electron chi connectivity index (χ4n) is 2.39. The van der Waals surface area contributed by atoms with Crippen molar-refractivity contribution in [2.24, 2.45) is 0 Å². The fourth-order valence-corrected chi connectivity index (χ4v) is 2.39. The highest BCUT2D eigenvalue weighted by Crippen LogP contribution is 2.31. The molecule has 2 heterocycles. The zero-order valence-corrected chi connectivity index (χ0v) is 11.2. The summed E-state index contributed by atoms with van der Waals surface area (Å²) >= 11 is 0. The Bertz CT molecular complexity index is 601. The molecule has 0 aliphatic carbocycles. The minimum atomic E-state index is -0.118. The Morgan fingerprint density at radius 2 is 2.20 bits per heavy atom. The average molecular weight is 273 g/mol. The zero-order valence-electron chi connectivity index (χ0n) is 11.2. The summed E-state index contributed by atoms with van der Waals surface area (Å²) in [5.41, 5.74) is 1.90. The number of aldehydes is 1. The Kier molecular flexibility index (Phi) is 3.47. The second kappa shape index (κ2) is 5.42. The van der Waals surface area contributed by atoms with Crippen molar-refractivity contribution in [2.75, 3.05) is 13.7 Å². The van der Waals surface area contributed by atoms with E-state index >= 15 is 0 Å². The number of carbonyl (C=O) groups excluding carboxylic acids is 1. The van der Waals surface area contributed by atoms with Crippen LogP contribution < -0.4 is 4.74 Å².